The highest BCUT2D eigenvalue weighted by Gasteiger charge is 2.16. The van der Waals surface area contributed by atoms with Crippen LogP contribution in [0.3, 0.4) is 0 Å². The zero-order valence-corrected chi connectivity index (χ0v) is 9.30. The van der Waals surface area contributed by atoms with Crippen LogP contribution >= 0.6 is 0 Å². The van der Waals surface area contributed by atoms with Gasteiger partial charge < -0.3 is 15.1 Å². The van der Waals surface area contributed by atoms with E-state index < -0.39 is 17.8 Å². The van der Waals surface area contributed by atoms with Gasteiger partial charge in [-0.15, -0.1) is 0 Å². The van der Waals surface area contributed by atoms with Crippen molar-refractivity contribution in [3.8, 4) is 0 Å². The molecule has 1 rings (SSSR count). The number of carboxylic acid groups (broad SMARTS) is 2. The zero-order chi connectivity index (χ0) is 13.2. The largest absolute Gasteiger partial charge is 0.478 e. The van der Waals surface area contributed by atoms with E-state index in [-0.39, 0.29) is 16.7 Å². The summed E-state index contributed by atoms with van der Waals surface area (Å²) in [5.41, 5.74) is -0.419. The molecular weight excluding hydrogens is 226 g/mol. The second-order valence-corrected chi connectivity index (χ2v) is 3.61. The van der Waals surface area contributed by atoms with Crippen molar-refractivity contribution in [2.24, 2.45) is 0 Å². The summed E-state index contributed by atoms with van der Waals surface area (Å²) in [5, 5.41) is 17.6. The zero-order valence-electron chi connectivity index (χ0n) is 9.30. The second-order valence-electron chi connectivity index (χ2n) is 3.61. The Morgan fingerprint density at radius 1 is 0.882 bits per heavy atom. The van der Waals surface area contributed by atoms with Crippen molar-refractivity contribution in [2.45, 2.75) is 0 Å². The number of rotatable bonds is 3. The number of nitrogens with zero attached hydrogens (tertiary/aromatic N) is 1. The molecule has 0 aromatic heterocycles. The third-order valence-electron chi connectivity index (χ3n) is 2.08. The smallest absolute Gasteiger partial charge is 0.335 e. The molecule has 0 heterocycles. The maximum Gasteiger partial charge on any atom is 0.335 e. The lowest BCUT2D eigenvalue weighted by Gasteiger charge is -2.11. The van der Waals surface area contributed by atoms with Gasteiger partial charge in [-0.2, -0.15) is 0 Å². The average Bonchev–Trinajstić information content (AvgIpc) is 2.27. The van der Waals surface area contributed by atoms with E-state index in [1.165, 1.54) is 19.0 Å². The molecule has 1 aromatic rings. The summed E-state index contributed by atoms with van der Waals surface area (Å²) in [6.45, 7) is 0. The van der Waals surface area contributed by atoms with Crippen molar-refractivity contribution in [3.63, 3.8) is 0 Å². The Hall–Kier alpha value is -2.37. The van der Waals surface area contributed by atoms with Crippen LogP contribution in [0, 0.1) is 0 Å². The highest BCUT2D eigenvalue weighted by atomic mass is 16.4. The molecule has 1 aromatic carbocycles. The van der Waals surface area contributed by atoms with Crippen LogP contribution in [0.5, 0.6) is 0 Å². The predicted octanol–water partition coefficient (Wildman–Crippen LogP) is 0.785. The number of hydrogen-bond donors (Lipinski definition) is 2. The van der Waals surface area contributed by atoms with Crippen LogP contribution in [0.4, 0.5) is 0 Å². The fourth-order valence-corrected chi connectivity index (χ4v) is 1.26. The van der Waals surface area contributed by atoms with Gasteiger partial charge in [0.25, 0.3) is 5.91 Å². The molecule has 6 heteroatoms. The molecule has 17 heavy (non-hydrogen) atoms. The Labute approximate surface area is 97.1 Å². The molecule has 0 spiro atoms. The summed E-state index contributed by atoms with van der Waals surface area (Å²) < 4.78 is 0. The molecule has 0 unspecified atom stereocenters. The summed E-state index contributed by atoms with van der Waals surface area (Å²) in [7, 11) is 2.99. The van der Waals surface area contributed by atoms with Gasteiger partial charge in [-0.25, -0.2) is 9.59 Å². The van der Waals surface area contributed by atoms with Gasteiger partial charge in [-0.1, -0.05) is 0 Å². The summed E-state index contributed by atoms with van der Waals surface area (Å²) in [5.74, 6) is -3.00. The number of benzene rings is 1. The molecule has 0 atom stereocenters. The van der Waals surface area contributed by atoms with Crippen molar-refractivity contribution >= 4 is 17.8 Å². The van der Waals surface area contributed by atoms with E-state index in [0.717, 1.165) is 18.2 Å². The van der Waals surface area contributed by atoms with Gasteiger partial charge in [0.2, 0.25) is 0 Å². The summed E-state index contributed by atoms with van der Waals surface area (Å²) in [4.78, 5) is 34.5. The number of carbonyl (C=O) groups is 3. The van der Waals surface area contributed by atoms with E-state index in [0.29, 0.717) is 0 Å². The first kappa shape index (κ1) is 12.7. The first-order chi connectivity index (χ1) is 7.82. The minimum Gasteiger partial charge on any atom is -0.478 e. The van der Waals surface area contributed by atoms with Crippen molar-refractivity contribution in [2.75, 3.05) is 14.1 Å². The molecule has 2 N–H and O–H groups in total. The van der Waals surface area contributed by atoms with Crippen LogP contribution in [0.2, 0.25) is 0 Å². The normalized spacial score (nSPS) is 9.76. The summed E-state index contributed by atoms with van der Waals surface area (Å²) in [6, 6.07) is 3.31. The van der Waals surface area contributed by atoms with E-state index in [9.17, 15) is 14.4 Å². The van der Waals surface area contributed by atoms with E-state index in [1.54, 1.807) is 0 Å². The van der Waals surface area contributed by atoms with Gasteiger partial charge in [0.15, 0.2) is 0 Å². The fourth-order valence-electron chi connectivity index (χ4n) is 1.26. The van der Waals surface area contributed by atoms with Crippen LogP contribution < -0.4 is 0 Å². The van der Waals surface area contributed by atoms with Gasteiger partial charge in [0.05, 0.1) is 11.1 Å². The minimum absolute atomic E-state index is 0.0345. The Balaban J connectivity index is 3.36. The monoisotopic (exact) mass is 237 g/mol. The van der Waals surface area contributed by atoms with Crippen molar-refractivity contribution in [1.82, 2.24) is 4.90 Å². The van der Waals surface area contributed by atoms with Crippen LogP contribution in [0.15, 0.2) is 18.2 Å². The van der Waals surface area contributed by atoms with E-state index >= 15 is 0 Å². The maximum absolute atomic E-state index is 11.6. The number of amides is 1. The molecule has 0 fully saturated rings. The molecule has 0 aliphatic heterocycles. The van der Waals surface area contributed by atoms with Crippen LogP contribution in [0.25, 0.3) is 0 Å². The molecule has 6 nitrogen and oxygen atoms in total. The molecule has 0 aliphatic carbocycles. The topological polar surface area (TPSA) is 94.9 Å². The summed E-state index contributed by atoms with van der Waals surface area (Å²) >= 11 is 0. The Bertz CT molecular complexity index is 460. The highest BCUT2D eigenvalue weighted by Crippen LogP contribution is 2.12. The van der Waals surface area contributed by atoms with Crippen molar-refractivity contribution in [1.29, 1.82) is 0 Å². The van der Waals surface area contributed by atoms with Crippen LogP contribution in [-0.2, 0) is 0 Å². The van der Waals surface area contributed by atoms with Crippen molar-refractivity contribution < 1.29 is 24.6 Å². The lowest BCUT2D eigenvalue weighted by Crippen LogP contribution is -2.22. The molecule has 0 saturated carbocycles. The molecule has 1 amide bonds. The van der Waals surface area contributed by atoms with Gasteiger partial charge in [-0.05, 0) is 18.2 Å². The molecule has 0 aliphatic rings. The molecule has 90 valence electrons. The third-order valence-corrected chi connectivity index (χ3v) is 2.08. The van der Waals surface area contributed by atoms with E-state index in [4.69, 9.17) is 10.2 Å². The standard InChI is InChI=1S/C11H11NO5/c1-12(2)9(13)6-3-7(10(14)15)5-8(4-6)11(16)17/h3-5H,1-2H3,(H,14,15)(H,16,17). The van der Waals surface area contributed by atoms with Gasteiger partial charge in [0, 0.05) is 19.7 Å². The number of carboxylic acids is 2. The first-order valence-corrected chi connectivity index (χ1v) is 4.66. The number of carbonyl (C=O) groups excluding carboxylic acids is 1. The third kappa shape index (κ3) is 2.81. The number of hydrogen-bond acceptors (Lipinski definition) is 3. The fraction of sp³-hybridized carbons (Fsp3) is 0.182. The lowest BCUT2D eigenvalue weighted by molar-refractivity contribution is 0.0696. The molecule has 0 bridgehead atoms. The quantitative estimate of drug-likeness (QED) is 0.810. The maximum atomic E-state index is 11.6. The Morgan fingerprint density at radius 3 is 1.53 bits per heavy atom. The summed E-state index contributed by atoms with van der Waals surface area (Å²) in [6.07, 6.45) is 0. The predicted molar refractivity (Wildman–Crippen MR) is 58.4 cm³/mol. The lowest BCUT2D eigenvalue weighted by atomic mass is 10.0. The highest BCUT2D eigenvalue weighted by molar-refractivity contribution is 6.01. The van der Waals surface area contributed by atoms with Crippen molar-refractivity contribution in [3.05, 3.63) is 34.9 Å². The van der Waals surface area contributed by atoms with Gasteiger partial charge in [-0.3, -0.25) is 4.79 Å². The van der Waals surface area contributed by atoms with Gasteiger partial charge in [0.1, 0.15) is 0 Å². The van der Waals surface area contributed by atoms with E-state index in [2.05, 4.69) is 0 Å². The van der Waals surface area contributed by atoms with Crippen LogP contribution in [-0.4, -0.2) is 47.1 Å². The Kier molecular flexibility index (Phi) is 3.47. The number of aromatic carboxylic acids is 2. The molecule has 0 radical (unpaired) electrons. The minimum atomic E-state index is -1.28. The van der Waals surface area contributed by atoms with Gasteiger partial charge >= 0.3 is 11.9 Å². The molecule has 0 saturated heterocycles. The SMILES string of the molecule is CN(C)C(=O)c1cc(C(=O)O)cc(C(=O)O)c1. The van der Waals surface area contributed by atoms with Crippen LogP contribution in [0.1, 0.15) is 31.1 Å². The first-order valence-electron chi connectivity index (χ1n) is 4.66. The molecular formula is C11H11NO5. The Morgan fingerprint density at radius 2 is 1.24 bits per heavy atom. The van der Waals surface area contributed by atoms with E-state index in [1.807, 2.05) is 0 Å². The average molecular weight is 237 g/mol. The second kappa shape index (κ2) is 4.65.